The first-order chi connectivity index (χ1) is 16.3. The molecule has 2 saturated heterocycles. The topological polar surface area (TPSA) is 56.8 Å². The van der Waals surface area contributed by atoms with E-state index in [4.69, 9.17) is 4.74 Å². The average Bonchev–Trinajstić information content (AvgIpc) is 2.84. The monoisotopic (exact) mass is 464 g/mol. The number of amides is 1. The molecule has 2 fully saturated rings. The molecule has 2 aromatic rings. The van der Waals surface area contributed by atoms with Crippen LogP contribution in [-0.4, -0.2) is 68.3 Å². The number of nitrogens with zero attached hydrogens (tertiary/aromatic N) is 2. The lowest BCUT2D eigenvalue weighted by Gasteiger charge is -2.42. The Morgan fingerprint density at radius 2 is 1.68 bits per heavy atom. The van der Waals surface area contributed by atoms with E-state index in [0.29, 0.717) is 6.04 Å². The van der Waals surface area contributed by atoms with Gasteiger partial charge in [-0.05, 0) is 76.4 Å². The van der Waals surface area contributed by atoms with Crippen molar-refractivity contribution in [2.45, 2.75) is 52.1 Å². The second-order valence-corrected chi connectivity index (χ2v) is 10.4. The Morgan fingerprint density at radius 3 is 2.32 bits per heavy atom. The van der Waals surface area contributed by atoms with E-state index in [2.05, 4.69) is 46.4 Å². The van der Waals surface area contributed by atoms with Gasteiger partial charge in [-0.15, -0.1) is 0 Å². The molecule has 6 nitrogen and oxygen atoms in total. The zero-order valence-electron chi connectivity index (χ0n) is 21.2. The summed E-state index contributed by atoms with van der Waals surface area (Å²) in [5, 5.41) is 6.86. The van der Waals surface area contributed by atoms with Crippen LogP contribution in [0.5, 0.6) is 0 Å². The number of nitrogens with one attached hydrogen (secondary N) is 2. The molecule has 0 bridgehead atoms. The highest BCUT2D eigenvalue weighted by Crippen LogP contribution is 2.24. The van der Waals surface area contributed by atoms with Crippen molar-refractivity contribution in [3.63, 3.8) is 0 Å². The van der Waals surface area contributed by atoms with E-state index >= 15 is 0 Å². The lowest BCUT2D eigenvalue weighted by Crippen LogP contribution is -2.56. The predicted molar refractivity (Wildman–Crippen MR) is 140 cm³/mol. The van der Waals surface area contributed by atoms with Crippen molar-refractivity contribution in [2.75, 3.05) is 56.2 Å². The fourth-order valence-electron chi connectivity index (χ4n) is 5.04. The van der Waals surface area contributed by atoms with E-state index in [1.54, 1.807) is 0 Å². The summed E-state index contributed by atoms with van der Waals surface area (Å²) in [6, 6.07) is 14.7. The van der Waals surface area contributed by atoms with Gasteiger partial charge in [-0.2, -0.15) is 0 Å². The molecule has 184 valence electrons. The molecule has 2 heterocycles. The smallest absolute Gasteiger partial charge is 0.255 e. The number of hydrogen-bond donors (Lipinski definition) is 2. The summed E-state index contributed by atoms with van der Waals surface area (Å²) in [7, 11) is 0. The van der Waals surface area contributed by atoms with Gasteiger partial charge in [0.05, 0.1) is 13.2 Å². The van der Waals surface area contributed by atoms with Crippen LogP contribution in [0.1, 0.15) is 48.2 Å². The maximum atomic E-state index is 12.7. The Bertz CT molecular complexity index is 959. The van der Waals surface area contributed by atoms with E-state index in [9.17, 15) is 4.79 Å². The molecule has 2 aromatic carbocycles. The molecular formula is C28H40N4O2. The van der Waals surface area contributed by atoms with E-state index in [-0.39, 0.29) is 11.4 Å². The van der Waals surface area contributed by atoms with Crippen LogP contribution in [-0.2, 0) is 4.74 Å². The summed E-state index contributed by atoms with van der Waals surface area (Å²) in [5.41, 5.74) is 5.09. The molecule has 6 heteroatoms. The molecule has 0 aliphatic carbocycles. The van der Waals surface area contributed by atoms with Crippen LogP contribution >= 0.6 is 0 Å². The molecule has 2 N–H and O–H groups in total. The molecule has 1 amide bonds. The Labute approximate surface area is 204 Å². The molecule has 0 aromatic heterocycles. The van der Waals surface area contributed by atoms with Crippen molar-refractivity contribution < 1.29 is 9.53 Å². The van der Waals surface area contributed by atoms with E-state index in [1.165, 1.54) is 5.69 Å². The van der Waals surface area contributed by atoms with Crippen molar-refractivity contribution in [2.24, 2.45) is 0 Å². The minimum atomic E-state index is -0.0582. The van der Waals surface area contributed by atoms with Crippen LogP contribution in [0.15, 0.2) is 42.5 Å². The molecule has 2 aliphatic rings. The van der Waals surface area contributed by atoms with Crippen LogP contribution in [0.4, 0.5) is 11.4 Å². The quantitative estimate of drug-likeness (QED) is 0.642. The van der Waals surface area contributed by atoms with Crippen LogP contribution in [0.3, 0.4) is 0 Å². The molecule has 0 spiro atoms. The highest BCUT2D eigenvalue weighted by molar-refractivity contribution is 6.05. The van der Waals surface area contributed by atoms with Gasteiger partial charge in [-0.1, -0.05) is 17.7 Å². The van der Waals surface area contributed by atoms with Crippen LogP contribution in [0, 0.1) is 13.8 Å². The van der Waals surface area contributed by atoms with Crippen molar-refractivity contribution in [1.82, 2.24) is 10.2 Å². The zero-order valence-corrected chi connectivity index (χ0v) is 21.2. The van der Waals surface area contributed by atoms with Crippen molar-refractivity contribution in [3.8, 4) is 0 Å². The van der Waals surface area contributed by atoms with Gasteiger partial charge < -0.3 is 20.3 Å². The second-order valence-electron chi connectivity index (χ2n) is 10.4. The minimum absolute atomic E-state index is 0.0582. The maximum absolute atomic E-state index is 12.7. The first kappa shape index (κ1) is 24.7. The number of aryl methyl sites for hydroxylation is 2. The summed E-state index contributed by atoms with van der Waals surface area (Å²) in [4.78, 5) is 17.7. The molecular weight excluding hydrogens is 424 g/mol. The number of ether oxygens (including phenoxy) is 1. The highest BCUT2D eigenvalue weighted by Gasteiger charge is 2.29. The normalized spacial score (nSPS) is 18.2. The van der Waals surface area contributed by atoms with Crippen LogP contribution in [0.2, 0.25) is 0 Å². The van der Waals surface area contributed by atoms with Gasteiger partial charge in [0.15, 0.2) is 0 Å². The molecule has 34 heavy (non-hydrogen) atoms. The SMILES string of the molecule is Cc1ccc(C(=O)Nc2ccc(N3CCC(NCC(C)(C)N4CCOCC4)CC3)cc2)c(C)c1. The minimum Gasteiger partial charge on any atom is -0.379 e. The summed E-state index contributed by atoms with van der Waals surface area (Å²) in [5.74, 6) is -0.0582. The summed E-state index contributed by atoms with van der Waals surface area (Å²) in [6.07, 6.45) is 2.29. The highest BCUT2D eigenvalue weighted by atomic mass is 16.5. The zero-order chi connectivity index (χ0) is 24.1. The second kappa shape index (κ2) is 10.9. The van der Waals surface area contributed by atoms with Crippen LogP contribution < -0.4 is 15.5 Å². The van der Waals surface area contributed by atoms with E-state index in [0.717, 1.165) is 81.2 Å². The Hall–Kier alpha value is -2.41. The molecule has 0 atom stereocenters. The Morgan fingerprint density at radius 1 is 1.00 bits per heavy atom. The largest absolute Gasteiger partial charge is 0.379 e. The number of carbonyl (C=O) groups excluding carboxylic acids is 1. The third-order valence-electron chi connectivity index (χ3n) is 7.30. The molecule has 4 rings (SSSR count). The third-order valence-corrected chi connectivity index (χ3v) is 7.30. The fraction of sp³-hybridized carbons (Fsp3) is 0.536. The Balaban J connectivity index is 1.25. The molecule has 0 unspecified atom stereocenters. The number of piperidine rings is 1. The molecule has 0 radical (unpaired) electrons. The van der Waals surface area contributed by atoms with Gasteiger partial charge in [0.1, 0.15) is 0 Å². The van der Waals surface area contributed by atoms with Crippen molar-refractivity contribution >= 4 is 17.3 Å². The van der Waals surface area contributed by atoms with Crippen molar-refractivity contribution in [1.29, 1.82) is 0 Å². The molecule has 2 aliphatic heterocycles. The number of benzene rings is 2. The third kappa shape index (κ3) is 6.17. The first-order valence-corrected chi connectivity index (χ1v) is 12.6. The predicted octanol–water partition coefficient (Wildman–Crippen LogP) is 4.22. The van der Waals surface area contributed by atoms with Crippen molar-refractivity contribution in [3.05, 3.63) is 59.2 Å². The summed E-state index contributed by atoms with van der Waals surface area (Å²) < 4.78 is 5.51. The molecule has 0 saturated carbocycles. The summed E-state index contributed by atoms with van der Waals surface area (Å²) in [6.45, 7) is 15.5. The number of carbonyl (C=O) groups is 1. The van der Waals surface area contributed by atoms with Gasteiger partial charge in [-0.3, -0.25) is 9.69 Å². The van der Waals surface area contributed by atoms with Gasteiger partial charge >= 0.3 is 0 Å². The Kier molecular flexibility index (Phi) is 7.91. The lowest BCUT2D eigenvalue weighted by atomic mass is 9.99. The number of morpholine rings is 1. The van der Waals surface area contributed by atoms with Gasteiger partial charge in [0.25, 0.3) is 5.91 Å². The van der Waals surface area contributed by atoms with Gasteiger partial charge in [0, 0.05) is 61.2 Å². The maximum Gasteiger partial charge on any atom is 0.255 e. The number of hydrogen-bond acceptors (Lipinski definition) is 5. The van der Waals surface area contributed by atoms with E-state index < -0.39 is 0 Å². The summed E-state index contributed by atoms with van der Waals surface area (Å²) >= 11 is 0. The van der Waals surface area contributed by atoms with Gasteiger partial charge in [0.2, 0.25) is 0 Å². The first-order valence-electron chi connectivity index (χ1n) is 12.6. The number of anilines is 2. The fourth-order valence-corrected chi connectivity index (χ4v) is 5.04. The van der Waals surface area contributed by atoms with Gasteiger partial charge in [-0.25, -0.2) is 0 Å². The number of rotatable bonds is 7. The standard InChI is InChI=1S/C28H40N4O2/c1-21-5-10-26(22(2)19-21)27(33)30-24-6-8-25(9-7-24)31-13-11-23(12-14-31)29-20-28(3,4)32-15-17-34-18-16-32/h5-10,19,23,29H,11-18,20H2,1-4H3,(H,30,33). The lowest BCUT2D eigenvalue weighted by molar-refractivity contribution is -0.0105. The van der Waals surface area contributed by atoms with Crippen LogP contribution in [0.25, 0.3) is 0 Å². The average molecular weight is 465 g/mol. The van der Waals surface area contributed by atoms with E-state index in [1.807, 2.05) is 44.2 Å².